The van der Waals surface area contributed by atoms with Crippen molar-refractivity contribution in [3.8, 4) is 0 Å². The van der Waals surface area contributed by atoms with Gasteiger partial charge in [0, 0.05) is 4.91 Å². The number of aliphatic hydroxyl groups excluding tert-OH is 3. The third-order valence-corrected chi connectivity index (χ3v) is 1.70. The maximum Gasteiger partial charge on any atom is 0.181 e. The molecule has 0 bridgehead atoms. The fourth-order valence-corrected chi connectivity index (χ4v) is 1.08. The minimum Gasteiger partial charge on any atom is -0.394 e. The van der Waals surface area contributed by atoms with Crippen molar-refractivity contribution in [3.63, 3.8) is 0 Å². The van der Waals surface area contributed by atoms with Gasteiger partial charge in [-0.25, -0.2) is 0 Å². The van der Waals surface area contributed by atoms with E-state index in [1.807, 2.05) is 0 Å². The third kappa shape index (κ3) is 1.50. The summed E-state index contributed by atoms with van der Waals surface area (Å²) >= 11 is 0. The Bertz CT molecular complexity index is 205. The lowest BCUT2D eigenvalue weighted by Crippen LogP contribution is -2.31. The molecule has 0 radical (unpaired) electrons. The maximum atomic E-state index is 9.14. The van der Waals surface area contributed by atoms with Crippen molar-refractivity contribution in [1.29, 1.82) is 0 Å². The molecule has 3 N–H and O–H groups in total. The summed E-state index contributed by atoms with van der Waals surface area (Å²) in [6, 6.07) is -0.921. The monoisotopic (exact) mass is 175 g/mol. The summed E-state index contributed by atoms with van der Waals surface area (Å²) in [4.78, 5) is 2.46. The fraction of sp³-hybridized carbons (Fsp3) is 1.00. The van der Waals surface area contributed by atoms with E-state index in [-0.39, 0.29) is 0 Å². The van der Waals surface area contributed by atoms with Crippen LogP contribution >= 0.6 is 0 Å². The number of hydrogen-bond acceptors (Lipinski definition) is 5. The normalized spacial score (nSPS) is 40.9. The largest absolute Gasteiger partial charge is 0.394 e. The van der Waals surface area contributed by atoms with Crippen molar-refractivity contribution in [2.45, 2.75) is 24.5 Å². The van der Waals surface area contributed by atoms with Gasteiger partial charge >= 0.3 is 0 Å². The van der Waals surface area contributed by atoms with E-state index in [1.54, 1.807) is 0 Å². The van der Waals surface area contributed by atoms with Gasteiger partial charge in [0.1, 0.15) is 6.10 Å². The number of rotatable bonds is 2. The van der Waals surface area contributed by atoms with E-state index in [1.165, 1.54) is 0 Å². The molecule has 0 spiro atoms. The maximum absolute atomic E-state index is 9.14. The summed E-state index contributed by atoms with van der Waals surface area (Å²) in [7, 11) is 0. The molecule has 1 fully saturated rings. The van der Waals surface area contributed by atoms with Crippen LogP contribution in [0.4, 0.5) is 0 Å². The first-order chi connectivity index (χ1) is 5.70. The molecule has 68 valence electrons. The van der Waals surface area contributed by atoms with Gasteiger partial charge in [-0.15, -0.1) is 0 Å². The zero-order chi connectivity index (χ0) is 9.14. The third-order valence-electron chi connectivity index (χ3n) is 1.70. The zero-order valence-electron chi connectivity index (χ0n) is 6.11. The SMILES string of the molecule is [N-]=[N+]=N[C@H]1[C@H](O)[C@H](O)O[C@@H]1CO. The fourth-order valence-electron chi connectivity index (χ4n) is 1.08. The van der Waals surface area contributed by atoms with E-state index < -0.39 is 31.1 Å². The van der Waals surface area contributed by atoms with Gasteiger partial charge in [-0.05, 0) is 5.53 Å². The second-order valence-electron chi connectivity index (χ2n) is 2.43. The summed E-state index contributed by atoms with van der Waals surface area (Å²) in [6.45, 7) is -0.405. The van der Waals surface area contributed by atoms with E-state index in [4.69, 9.17) is 20.9 Å². The molecular weight excluding hydrogens is 166 g/mol. The molecule has 0 amide bonds. The van der Waals surface area contributed by atoms with Crippen LogP contribution in [-0.4, -0.2) is 46.5 Å². The van der Waals surface area contributed by atoms with E-state index in [2.05, 4.69) is 14.8 Å². The van der Waals surface area contributed by atoms with Crippen LogP contribution in [0.2, 0.25) is 0 Å². The second kappa shape index (κ2) is 3.70. The molecule has 0 aliphatic carbocycles. The predicted molar refractivity (Wildman–Crippen MR) is 36.9 cm³/mol. The van der Waals surface area contributed by atoms with Crippen molar-refractivity contribution in [1.82, 2.24) is 0 Å². The van der Waals surface area contributed by atoms with Crippen LogP contribution in [-0.2, 0) is 4.74 Å². The molecular formula is C5H9N3O4. The first-order valence-electron chi connectivity index (χ1n) is 3.37. The van der Waals surface area contributed by atoms with Crippen LogP contribution in [0.15, 0.2) is 5.11 Å². The molecule has 0 aromatic carbocycles. The van der Waals surface area contributed by atoms with Crippen molar-refractivity contribution >= 4 is 0 Å². The Morgan fingerprint density at radius 3 is 2.67 bits per heavy atom. The van der Waals surface area contributed by atoms with Crippen LogP contribution in [0.5, 0.6) is 0 Å². The summed E-state index contributed by atoms with van der Waals surface area (Å²) < 4.78 is 4.68. The number of azide groups is 1. The van der Waals surface area contributed by atoms with Crippen LogP contribution < -0.4 is 0 Å². The minimum atomic E-state index is -1.39. The average molecular weight is 175 g/mol. The van der Waals surface area contributed by atoms with Crippen LogP contribution in [0.25, 0.3) is 10.4 Å². The Hall–Kier alpha value is -0.850. The highest BCUT2D eigenvalue weighted by Crippen LogP contribution is 2.22. The zero-order valence-corrected chi connectivity index (χ0v) is 6.11. The first kappa shape index (κ1) is 9.24. The highest BCUT2D eigenvalue weighted by atomic mass is 16.6. The van der Waals surface area contributed by atoms with Gasteiger partial charge in [-0.2, -0.15) is 0 Å². The molecule has 1 aliphatic rings. The van der Waals surface area contributed by atoms with Crippen molar-refractivity contribution in [2.24, 2.45) is 5.11 Å². The first-order valence-corrected chi connectivity index (χ1v) is 3.37. The van der Waals surface area contributed by atoms with E-state index >= 15 is 0 Å². The quantitative estimate of drug-likeness (QED) is 0.275. The summed E-state index contributed by atoms with van der Waals surface area (Å²) in [5.74, 6) is 0. The number of ether oxygens (including phenoxy) is 1. The lowest BCUT2D eigenvalue weighted by atomic mass is 10.1. The van der Waals surface area contributed by atoms with E-state index in [9.17, 15) is 0 Å². The van der Waals surface area contributed by atoms with Gasteiger partial charge in [0.25, 0.3) is 0 Å². The molecule has 7 heteroatoms. The van der Waals surface area contributed by atoms with Gasteiger partial charge in [0.15, 0.2) is 6.29 Å². The molecule has 0 saturated carbocycles. The molecule has 1 rings (SSSR count). The molecule has 7 nitrogen and oxygen atoms in total. The molecule has 1 aliphatic heterocycles. The van der Waals surface area contributed by atoms with Gasteiger partial charge in [0.2, 0.25) is 0 Å². The molecule has 0 unspecified atom stereocenters. The summed E-state index contributed by atoms with van der Waals surface area (Å²) in [5, 5.41) is 29.9. The van der Waals surface area contributed by atoms with Crippen LogP contribution in [0.1, 0.15) is 0 Å². The van der Waals surface area contributed by atoms with Crippen molar-refractivity contribution in [2.75, 3.05) is 6.61 Å². The van der Waals surface area contributed by atoms with Gasteiger partial charge in [0.05, 0.1) is 18.8 Å². The Labute approximate surface area is 67.8 Å². The molecule has 0 aromatic heterocycles. The Morgan fingerprint density at radius 1 is 1.50 bits per heavy atom. The lowest BCUT2D eigenvalue weighted by Gasteiger charge is -2.10. The van der Waals surface area contributed by atoms with Crippen LogP contribution in [0, 0.1) is 0 Å². The van der Waals surface area contributed by atoms with Gasteiger partial charge < -0.3 is 20.1 Å². The second-order valence-corrected chi connectivity index (χ2v) is 2.43. The van der Waals surface area contributed by atoms with Crippen molar-refractivity contribution < 1.29 is 20.1 Å². The minimum absolute atomic E-state index is 0.405. The Morgan fingerprint density at radius 2 is 2.17 bits per heavy atom. The number of aliphatic hydroxyl groups is 3. The van der Waals surface area contributed by atoms with Gasteiger partial charge in [-0.3, -0.25) is 0 Å². The molecule has 0 aromatic rings. The topological polar surface area (TPSA) is 119 Å². The molecule has 1 heterocycles. The van der Waals surface area contributed by atoms with Gasteiger partial charge in [-0.1, -0.05) is 5.11 Å². The van der Waals surface area contributed by atoms with Crippen molar-refractivity contribution in [3.05, 3.63) is 10.4 Å². The lowest BCUT2D eigenvalue weighted by molar-refractivity contribution is -0.132. The predicted octanol–water partition coefficient (Wildman–Crippen LogP) is -1.26. The highest BCUT2D eigenvalue weighted by molar-refractivity contribution is 4.91. The highest BCUT2D eigenvalue weighted by Gasteiger charge is 2.41. The number of hydrogen-bond donors (Lipinski definition) is 3. The number of nitrogens with zero attached hydrogens (tertiary/aromatic N) is 3. The summed E-state index contributed by atoms with van der Waals surface area (Å²) in [6.07, 6.45) is -3.48. The molecule has 4 atom stereocenters. The Kier molecular flexibility index (Phi) is 2.85. The van der Waals surface area contributed by atoms with E-state index in [0.29, 0.717) is 0 Å². The standard InChI is InChI=1S/C5H9N3O4/c6-8-7-3-2(1-9)12-5(11)4(3)10/h2-5,9-11H,1H2/t2-,3-,4+,5-/m1/s1. The van der Waals surface area contributed by atoms with E-state index in [0.717, 1.165) is 0 Å². The Balaban J connectivity index is 2.72. The molecule has 1 saturated heterocycles. The molecule has 12 heavy (non-hydrogen) atoms. The summed E-state index contributed by atoms with van der Waals surface area (Å²) in [5.41, 5.74) is 8.07. The average Bonchev–Trinajstić information content (AvgIpc) is 2.33. The smallest absolute Gasteiger partial charge is 0.181 e. The van der Waals surface area contributed by atoms with Crippen LogP contribution in [0.3, 0.4) is 0 Å².